The molecule has 0 fully saturated rings. The summed E-state index contributed by atoms with van der Waals surface area (Å²) >= 11 is 0. The fourth-order valence-electron chi connectivity index (χ4n) is 1.59. The number of rotatable bonds is 6. The van der Waals surface area contributed by atoms with Crippen LogP contribution in [0.15, 0.2) is 24.3 Å². The Hall–Kier alpha value is -1.09. The smallest absolute Gasteiger partial charge is 0.125 e. The Bertz CT molecular complexity index is 315. The molecule has 0 saturated carbocycles. The van der Waals surface area contributed by atoms with Crippen LogP contribution in [0.5, 0.6) is 0 Å². The molecule has 2 nitrogen and oxygen atoms in total. The lowest BCUT2D eigenvalue weighted by Gasteiger charge is -2.24. The third kappa shape index (κ3) is 4.19. The monoisotopic (exact) mass is 224 g/mol. The van der Waals surface area contributed by atoms with Crippen LogP contribution in [0.1, 0.15) is 20.3 Å². The average molecular weight is 224 g/mol. The number of nitrogens with one attached hydrogen (secondary N) is 1. The maximum atomic E-state index is 12.9. The highest BCUT2D eigenvalue weighted by atomic mass is 19.1. The molecule has 0 spiro atoms. The first-order valence-corrected chi connectivity index (χ1v) is 5.83. The van der Waals surface area contributed by atoms with Gasteiger partial charge < -0.3 is 10.2 Å². The normalized spacial score (nSPS) is 12.8. The number of likely N-dealkylation sites (N-methyl/N-ethyl adjacent to an activating group) is 1. The molecule has 0 aliphatic carbocycles. The molecule has 16 heavy (non-hydrogen) atoms. The van der Waals surface area contributed by atoms with Crippen molar-refractivity contribution in [3.63, 3.8) is 0 Å². The van der Waals surface area contributed by atoms with Crippen molar-refractivity contribution in [1.82, 2.24) is 4.90 Å². The highest BCUT2D eigenvalue weighted by Gasteiger charge is 2.07. The van der Waals surface area contributed by atoms with Crippen molar-refractivity contribution in [2.45, 2.75) is 26.3 Å². The lowest BCUT2D eigenvalue weighted by Crippen LogP contribution is -2.35. The van der Waals surface area contributed by atoms with Gasteiger partial charge in [-0.05, 0) is 45.1 Å². The molecular formula is C13H21FN2. The van der Waals surface area contributed by atoms with E-state index in [0.29, 0.717) is 6.04 Å². The summed E-state index contributed by atoms with van der Waals surface area (Å²) in [6.07, 6.45) is 1.15. The van der Waals surface area contributed by atoms with E-state index < -0.39 is 0 Å². The number of halogens is 1. The Morgan fingerprint density at radius 3 is 2.81 bits per heavy atom. The minimum atomic E-state index is -0.195. The molecule has 1 unspecified atom stereocenters. The average Bonchev–Trinajstić information content (AvgIpc) is 2.26. The summed E-state index contributed by atoms with van der Waals surface area (Å²) in [4.78, 5) is 2.30. The van der Waals surface area contributed by atoms with Crippen LogP contribution in [-0.2, 0) is 0 Å². The van der Waals surface area contributed by atoms with Crippen LogP contribution < -0.4 is 5.32 Å². The maximum Gasteiger partial charge on any atom is 0.125 e. The minimum Gasteiger partial charge on any atom is -0.383 e. The van der Waals surface area contributed by atoms with Crippen molar-refractivity contribution in [2.24, 2.45) is 0 Å². The maximum absolute atomic E-state index is 12.9. The van der Waals surface area contributed by atoms with Crippen LogP contribution in [0.3, 0.4) is 0 Å². The molecule has 0 aliphatic rings. The topological polar surface area (TPSA) is 15.3 Å². The van der Waals surface area contributed by atoms with Crippen LogP contribution >= 0.6 is 0 Å². The van der Waals surface area contributed by atoms with Gasteiger partial charge in [-0.25, -0.2) is 4.39 Å². The summed E-state index contributed by atoms with van der Waals surface area (Å²) in [5.41, 5.74) is 0.844. The summed E-state index contributed by atoms with van der Waals surface area (Å²) in [7, 11) is 2.11. The molecule has 1 N–H and O–H groups in total. The summed E-state index contributed by atoms with van der Waals surface area (Å²) in [5.74, 6) is -0.195. The molecule has 1 atom stereocenters. The third-order valence-electron chi connectivity index (χ3n) is 2.75. The Kier molecular flexibility index (Phi) is 5.26. The molecule has 0 amide bonds. The van der Waals surface area contributed by atoms with Gasteiger partial charge in [0.2, 0.25) is 0 Å². The van der Waals surface area contributed by atoms with Crippen LogP contribution in [0.4, 0.5) is 10.1 Å². The van der Waals surface area contributed by atoms with Crippen molar-refractivity contribution < 1.29 is 4.39 Å². The molecule has 1 aromatic carbocycles. The van der Waals surface area contributed by atoms with E-state index in [1.807, 2.05) is 6.07 Å². The summed E-state index contributed by atoms with van der Waals surface area (Å²) in [5, 5.41) is 3.24. The van der Waals surface area contributed by atoms with Gasteiger partial charge >= 0.3 is 0 Å². The van der Waals surface area contributed by atoms with Crippen molar-refractivity contribution >= 4 is 5.69 Å². The Morgan fingerprint density at radius 1 is 1.44 bits per heavy atom. The quantitative estimate of drug-likeness (QED) is 0.799. The van der Waals surface area contributed by atoms with E-state index in [-0.39, 0.29) is 5.82 Å². The van der Waals surface area contributed by atoms with Crippen LogP contribution in [0, 0.1) is 5.82 Å². The lowest BCUT2D eigenvalue weighted by molar-refractivity contribution is 0.268. The number of anilines is 1. The molecule has 0 saturated heterocycles. The van der Waals surface area contributed by atoms with Crippen LogP contribution in [-0.4, -0.2) is 31.1 Å². The van der Waals surface area contributed by atoms with Gasteiger partial charge in [-0.2, -0.15) is 0 Å². The highest BCUT2D eigenvalue weighted by Crippen LogP contribution is 2.09. The zero-order valence-electron chi connectivity index (χ0n) is 10.3. The van der Waals surface area contributed by atoms with E-state index >= 15 is 0 Å². The van der Waals surface area contributed by atoms with Gasteiger partial charge in [0.1, 0.15) is 5.82 Å². The molecular weight excluding hydrogens is 203 g/mol. The molecule has 3 heteroatoms. The Morgan fingerprint density at radius 2 is 2.19 bits per heavy atom. The first-order chi connectivity index (χ1) is 7.63. The molecule has 90 valence electrons. The van der Waals surface area contributed by atoms with E-state index in [1.54, 1.807) is 6.07 Å². The second kappa shape index (κ2) is 6.48. The van der Waals surface area contributed by atoms with Crippen LogP contribution in [0.2, 0.25) is 0 Å². The number of benzene rings is 1. The van der Waals surface area contributed by atoms with Gasteiger partial charge in [0, 0.05) is 18.3 Å². The zero-order valence-corrected chi connectivity index (χ0v) is 10.3. The molecule has 0 heterocycles. The molecule has 1 aromatic rings. The van der Waals surface area contributed by atoms with E-state index in [2.05, 4.69) is 31.1 Å². The predicted octanol–water partition coefficient (Wildman–Crippen LogP) is 2.97. The summed E-state index contributed by atoms with van der Waals surface area (Å²) in [6, 6.07) is 7.03. The standard InChI is InChI=1S/C13H21FN2/c1-4-8-16(3)11(2)10-15-13-7-5-6-12(14)9-13/h5-7,9,11,15H,4,8,10H2,1-3H3. The lowest BCUT2D eigenvalue weighted by atomic mass is 10.2. The van der Waals surface area contributed by atoms with E-state index in [1.165, 1.54) is 12.1 Å². The summed E-state index contributed by atoms with van der Waals surface area (Å²) < 4.78 is 12.9. The molecule has 0 radical (unpaired) electrons. The zero-order chi connectivity index (χ0) is 12.0. The Labute approximate surface area is 97.5 Å². The second-order valence-corrected chi connectivity index (χ2v) is 4.22. The molecule has 0 aliphatic heterocycles. The van der Waals surface area contributed by atoms with Crippen molar-refractivity contribution in [2.75, 3.05) is 25.5 Å². The van der Waals surface area contributed by atoms with Crippen LogP contribution in [0.25, 0.3) is 0 Å². The first-order valence-electron chi connectivity index (χ1n) is 5.83. The van der Waals surface area contributed by atoms with Crippen molar-refractivity contribution in [3.8, 4) is 0 Å². The SMILES string of the molecule is CCCN(C)C(C)CNc1cccc(F)c1. The van der Waals surface area contributed by atoms with Gasteiger partial charge in [0.05, 0.1) is 0 Å². The Balaban J connectivity index is 2.39. The van der Waals surface area contributed by atoms with Gasteiger partial charge in [-0.1, -0.05) is 13.0 Å². The molecule has 1 rings (SSSR count). The molecule has 0 bridgehead atoms. The van der Waals surface area contributed by atoms with Crippen molar-refractivity contribution in [3.05, 3.63) is 30.1 Å². The number of hydrogen-bond acceptors (Lipinski definition) is 2. The highest BCUT2D eigenvalue weighted by molar-refractivity contribution is 5.43. The third-order valence-corrected chi connectivity index (χ3v) is 2.75. The van der Waals surface area contributed by atoms with E-state index in [0.717, 1.165) is 25.2 Å². The molecule has 0 aromatic heterocycles. The predicted molar refractivity (Wildman–Crippen MR) is 67.3 cm³/mol. The first kappa shape index (κ1) is 13.0. The van der Waals surface area contributed by atoms with Gasteiger partial charge in [0.25, 0.3) is 0 Å². The van der Waals surface area contributed by atoms with Gasteiger partial charge in [-0.3, -0.25) is 0 Å². The fraction of sp³-hybridized carbons (Fsp3) is 0.538. The van der Waals surface area contributed by atoms with E-state index in [4.69, 9.17) is 0 Å². The van der Waals surface area contributed by atoms with E-state index in [9.17, 15) is 4.39 Å². The second-order valence-electron chi connectivity index (χ2n) is 4.22. The van der Waals surface area contributed by atoms with Gasteiger partial charge in [0.15, 0.2) is 0 Å². The number of nitrogens with zero attached hydrogens (tertiary/aromatic N) is 1. The van der Waals surface area contributed by atoms with Gasteiger partial charge in [-0.15, -0.1) is 0 Å². The largest absolute Gasteiger partial charge is 0.383 e. The number of hydrogen-bond donors (Lipinski definition) is 1. The van der Waals surface area contributed by atoms with Crippen molar-refractivity contribution in [1.29, 1.82) is 0 Å². The minimum absolute atomic E-state index is 0.195. The summed E-state index contributed by atoms with van der Waals surface area (Å²) in [6.45, 7) is 6.26. The fourth-order valence-corrected chi connectivity index (χ4v) is 1.59.